The summed E-state index contributed by atoms with van der Waals surface area (Å²) < 4.78 is 12.3. The van der Waals surface area contributed by atoms with Crippen LogP contribution < -0.4 is 0 Å². The fourth-order valence-corrected chi connectivity index (χ4v) is 3.83. The number of nitrogens with zero attached hydrogens (tertiary/aromatic N) is 3. The first-order chi connectivity index (χ1) is 12.2. The third-order valence-corrected chi connectivity index (χ3v) is 5.22. The number of aromatic nitrogens is 2. The number of hydrogen-bond acceptors (Lipinski definition) is 5. The lowest BCUT2D eigenvalue weighted by Crippen LogP contribution is -2.65. The smallest absolute Gasteiger partial charge is 0.0959 e. The molecule has 2 fully saturated rings. The molecule has 4 heterocycles. The van der Waals surface area contributed by atoms with Gasteiger partial charge in [-0.25, -0.2) is 0 Å². The van der Waals surface area contributed by atoms with Crippen LogP contribution in [0.1, 0.15) is 29.5 Å². The highest BCUT2D eigenvalue weighted by molar-refractivity contribution is 5.20. The Morgan fingerprint density at radius 1 is 1.24 bits per heavy atom. The van der Waals surface area contributed by atoms with Crippen molar-refractivity contribution in [2.45, 2.75) is 44.6 Å². The first-order valence-electron chi connectivity index (χ1n) is 8.99. The summed E-state index contributed by atoms with van der Waals surface area (Å²) in [6.45, 7) is 6.44. The van der Waals surface area contributed by atoms with Crippen LogP contribution in [0.4, 0.5) is 0 Å². The van der Waals surface area contributed by atoms with E-state index in [0.717, 1.165) is 39.1 Å². The van der Waals surface area contributed by atoms with Crippen molar-refractivity contribution >= 4 is 0 Å². The van der Waals surface area contributed by atoms with Crippen LogP contribution in [-0.4, -0.2) is 46.3 Å². The third kappa shape index (κ3) is 3.89. The Balaban J connectivity index is 1.28. The van der Waals surface area contributed by atoms with Crippen molar-refractivity contribution in [3.05, 3.63) is 59.7 Å². The van der Waals surface area contributed by atoms with Crippen molar-refractivity contribution < 1.29 is 9.47 Å². The van der Waals surface area contributed by atoms with Gasteiger partial charge in [0.05, 0.1) is 18.3 Å². The molecule has 2 aromatic rings. The largest absolute Gasteiger partial charge is 0.373 e. The Labute approximate surface area is 149 Å². The summed E-state index contributed by atoms with van der Waals surface area (Å²) in [5.41, 5.74) is 3.65. The van der Waals surface area contributed by atoms with Crippen LogP contribution in [0.15, 0.2) is 43.0 Å². The van der Waals surface area contributed by atoms with Gasteiger partial charge in [-0.05, 0) is 42.2 Å². The summed E-state index contributed by atoms with van der Waals surface area (Å²) in [4.78, 5) is 10.8. The summed E-state index contributed by atoms with van der Waals surface area (Å²) in [7, 11) is 0. The maximum Gasteiger partial charge on any atom is 0.0959 e. The molecule has 2 aliphatic heterocycles. The maximum absolute atomic E-state index is 6.19. The lowest BCUT2D eigenvalue weighted by Gasteiger charge is -2.53. The van der Waals surface area contributed by atoms with Gasteiger partial charge >= 0.3 is 0 Å². The van der Waals surface area contributed by atoms with Gasteiger partial charge in [0.25, 0.3) is 0 Å². The molecule has 0 bridgehead atoms. The summed E-state index contributed by atoms with van der Waals surface area (Å²) >= 11 is 0. The van der Waals surface area contributed by atoms with Crippen molar-refractivity contribution in [2.24, 2.45) is 0 Å². The topological polar surface area (TPSA) is 47.5 Å². The molecule has 25 heavy (non-hydrogen) atoms. The molecule has 1 atom stereocenters. The Morgan fingerprint density at radius 2 is 2.12 bits per heavy atom. The van der Waals surface area contributed by atoms with E-state index in [2.05, 4.69) is 27.9 Å². The lowest BCUT2D eigenvalue weighted by atomic mass is 9.84. The average Bonchev–Trinajstić information content (AvgIpc) is 2.61. The fraction of sp³-hybridized carbons (Fsp3) is 0.500. The zero-order chi connectivity index (χ0) is 17.1. The molecule has 0 unspecified atom stereocenters. The van der Waals surface area contributed by atoms with Crippen LogP contribution >= 0.6 is 0 Å². The summed E-state index contributed by atoms with van der Waals surface area (Å²) in [5, 5.41) is 0. The summed E-state index contributed by atoms with van der Waals surface area (Å²) in [5.74, 6) is 0. The molecule has 0 saturated carbocycles. The number of hydrogen-bond donors (Lipinski definition) is 0. The van der Waals surface area contributed by atoms with Crippen LogP contribution in [0, 0.1) is 6.92 Å². The highest BCUT2D eigenvalue weighted by Gasteiger charge is 2.47. The number of rotatable bonds is 5. The summed E-state index contributed by atoms with van der Waals surface area (Å²) in [6.07, 6.45) is 9.72. The molecule has 132 valence electrons. The zero-order valence-electron chi connectivity index (χ0n) is 14.7. The molecule has 0 amide bonds. The van der Waals surface area contributed by atoms with Gasteiger partial charge in [0.2, 0.25) is 0 Å². The monoisotopic (exact) mass is 339 g/mol. The van der Waals surface area contributed by atoms with Crippen molar-refractivity contribution in [1.82, 2.24) is 14.9 Å². The second-order valence-electron chi connectivity index (χ2n) is 7.27. The summed E-state index contributed by atoms with van der Waals surface area (Å²) in [6, 6.07) is 6.15. The van der Waals surface area contributed by atoms with E-state index in [9.17, 15) is 0 Å². The first kappa shape index (κ1) is 16.6. The molecule has 0 radical (unpaired) electrons. The van der Waals surface area contributed by atoms with Crippen LogP contribution in [0.2, 0.25) is 0 Å². The van der Waals surface area contributed by atoms with Gasteiger partial charge in [-0.1, -0.05) is 6.07 Å². The minimum atomic E-state index is -0.0187. The van der Waals surface area contributed by atoms with E-state index < -0.39 is 0 Å². The van der Waals surface area contributed by atoms with E-state index >= 15 is 0 Å². The standard InChI is InChI=1S/C20H25N3O2/c1-16-4-7-22-11-18(16)13-24-19-5-8-25-20(9-19)14-23(15-20)12-17-3-2-6-21-10-17/h2-4,6-7,10-11,19H,5,8-9,12-15H2,1H3/t19-/m1/s1. The van der Waals surface area contributed by atoms with E-state index in [0.29, 0.717) is 6.61 Å². The van der Waals surface area contributed by atoms with E-state index in [1.54, 1.807) is 0 Å². The first-order valence-corrected chi connectivity index (χ1v) is 8.99. The Morgan fingerprint density at radius 3 is 2.92 bits per heavy atom. The highest BCUT2D eigenvalue weighted by atomic mass is 16.5. The molecular weight excluding hydrogens is 314 g/mol. The molecule has 5 heteroatoms. The number of ether oxygens (including phenoxy) is 2. The van der Waals surface area contributed by atoms with Gasteiger partial charge in [0.15, 0.2) is 0 Å². The Kier molecular flexibility index (Phi) is 4.79. The van der Waals surface area contributed by atoms with Crippen molar-refractivity contribution in [2.75, 3.05) is 19.7 Å². The molecule has 0 aliphatic carbocycles. The predicted octanol–water partition coefficient (Wildman–Crippen LogP) is 2.74. The van der Waals surface area contributed by atoms with Crippen molar-refractivity contribution in [3.8, 4) is 0 Å². The van der Waals surface area contributed by atoms with Crippen molar-refractivity contribution in [3.63, 3.8) is 0 Å². The molecule has 2 aliphatic rings. The molecule has 2 aromatic heterocycles. The van der Waals surface area contributed by atoms with Crippen LogP contribution in [-0.2, 0) is 22.6 Å². The van der Waals surface area contributed by atoms with Gasteiger partial charge in [0, 0.05) is 57.4 Å². The van der Waals surface area contributed by atoms with Crippen LogP contribution in [0.3, 0.4) is 0 Å². The normalized spacial score (nSPS) is 22.7. The molecule has 1 spiro atoms. The van der Waals surface area contributed by atoms with E-state index in [-0.39, 0.29) is 11.7 Å². The quantitative estimate of drug-likeness (QED) is 0.838. The maximum atomic E-state index is 6.19. The fourth-order valence-electron chi connectivity index (χ4n) is 3.83. The second-order valence-corrected chi connectivity index (χ2v) is 7.27. The SMILES string of the molecule is Cc1ccncc1CO[C@@H]1CCOC2(C1)CN(Cc1cccnc1)C2. The molecule has 0 aromatic carbocycles. The number of pyridine rings is 2. The third-order valence-electron chi connectivity index (χ3n) is 5.22. The van der Waals surface area contributed by atoms with Crippen LogP contribution in [0.5, 0.6) is 0 Å². The number of likely N-dealkylation sites (tertiary alicyclic amines) is 1. The highest BCUT2D eigenvalue weighted by Crippen LogP contribution is 2.36. The molecular formula is C20H25N3O2. The predicted molar refractivity (Wildman–Crippen MR) is 95.0 cm³/mol. The van der Waals surface area contributed by atoms with E-state index in [1.807, 2.05) is 36.9 Å². The van der Waals surface area contributed by atoms with E-state index in [4.69, 9.17) is 9.47 Å². The Bertz CT molecular complexity index is 701. The van der Waals surface area contributed by atoms with Crippen LogP contribution in [0.25, 0.3) is 0 Å². The zero-order valence-corrected chi connectivity index (χ0v) is 14.7. The van der Waals surface area contributed by atoms with Crippen molar-refractivity contribution in [1.29, 1.82) is 0 Å². The van der Waals surface area contributed by atoms with Gasteiger partial charge in [-0.15, -0.1) is 0 Å². The molecule has 2 saturated heterocycles. The van der Waals surface area contributed by atoms with Gasteiger partial charge in [-0.3, -0.25) is 14.9 Å². The Hall–Kier alpha value is -1.82. The molecule has 0 N–H and O–H groups in total. The number of aryl methyl sites for hydroxylation is 1. The van der Waals surface area contributed by atoms with Gasteiger partial charge in [0.1, 0.15) is 0 Å². The minimum Gasteiger partial charge on any atom is -0.373 e. The van der Waals surface area contributed by atoms with E-state index in [1.165, 1.54) is 16.7 Å². The lowest BCUT2D eigenvalue weighted by molar-refractivity contribution is -0.200. The molecule has 5 nitrogen and oxygen atoms in total. The molecule has 4 rings (SSSR count). The minimum absolute atomic E-state index is 0.0187. The second kappa shape index (κ2) is 7.20. The van der Waals surface area contributed by atoms with Gasteiger partial charge < -0.3 is 9.47 Å². The van der Waals surface area contributed by atoms with Gasteiger partial charge in [-0.2, -0.15) is 0 Å². The average molecular weight is 339 g/mol.